The van der Waals surface area contributed by atoms with Gasteiger partial charge in [-0.1, -0.05) is 19.9 Å². The molecule has 1 amide bonds. The number of carbonyl (C=O) groups is 1. The Morgan fingerprint density at radius 2 is 1.82 bits per heavy atom. The topological polar surface area (TPSA) is 49.8 Å². The molecule has 0 aliphatic carbocycles. The molecule has 6 heteroatoms. The van der Waals surface area contributed by atoms with Crippen molar-refractivity contribution in [1.82, 2.24) is 4.90 Å². The Hall–Kier alpha value is -2.63. The molecule has 4 nitrogen and oxygen atoms in total. The molecule has 0 spiro atoms. The number of hydrogen-bond acceptors (Lipinski definition) is 3. The zero-order valence-electron chi connectivity index (χ0n) is 17.2. The fraction of sp³-hybridized carbons (Fsp3) is 0.409. The molecule has 0 saturated heterocycles. The van der Waals surface area contributed by atoms with Crippen molar-refractivity contribution in [3.8, 4) is 11.5 Å². The quantitative estimate of drug-likeness (QED) is 0.791. The Kier molecular flexibility index (Phi) is 6.65. The Morgan fingerprint density at radius 3 is 2.39 bits per heavy atom. The number of rotatable bonds is 6. The van der Waals surface area contributed by atoms with Crippen LogP contribution in [0.5, 0.6) is 11.5 Å². The van der Waals surface area contributed by atoms with E-state index in [-0.39, 0.29) is 41.9 Å². The molecule has 0 radical (unpaired) electrons. The van der Waals surface area contributed by atoms with Gasteiger partial charge in [0.2, 0.25) is 0 Å². The molecule has 152 valence electrons. The van der Waals surface area contributed by atoms with E-state index in [0.717, 1.165) is 5.56 Å². The molecule has 2 aromatic rings. The number of hydrogen-bond donors (Lipinski definition) is 1. The van der Waals surface area contributed by atoms with Gasteiger partial charge in [0, 0.05) is 26.1 Å². The summed E-state index contributed by atoms with van der Waals surface area (Å²) in [6.45, 7) is 6.76. The minimum atomic E-state index is -0.560. The van der Waals surface area contributed by atoms with Gasteiger partial charge in [-0.05, 0) is 54.2 Å². The molecule has 0 atom stereocenters. The Balaban J connectivity index is 2.37. The summed E-state index contributed by atoms with van der Waals surface area (Å²) in [5, 5.41) is 9.94. The van der Waals surface area contributed by atoms with Gasteiger partial charge < -0.3 is 14.7 Å². The lowest BCUT2D eigenvalue weighted by molar-refractivity contribution is -0.130. The third-order valence-corrected chi connectivity index (χ3v) is 4.85. The number of halogens is 2. The third kappa shape index (κ3) is 4.43. The van der Waals surface area contributed by atoms with Gasteiger partial charge in [0.15, 0.2) is 18.2 Å². The van der Waals surface area contributed by atoms with E-state index < -0.39 is 11.6 Å². The second-order valence-electron chi connectivity index (χ2n) is 7.49. The normalized spacial score (nSPS) is 11.0. The van der Waals surface area contributed by atoms with Crippen molar-refractivity contribution in [3.05, 3.63) is 57.7 Å². The fourth-order valence-electron chi connectivity index (χ4n) is 3.11. The second-order valence-corrected chi connectivity index (χ2v) is 7.49. The highest BCUT2D eigenvalue weighted by Gasteiger charge is 2.20. The van der Waals surface area contributed by atoms with Crippen LogP contribution in [0.2, 0.25) is 0 Å². The maximum Gasteiger partial charge on any atom is 0.259 e. The molecule has 2 rings (SSSR count). The lowest BCUT2D eigenvalue weighted by Crippen LogP contribution is -2.27. The molecule has 0 aliphatic rings. The average molecular weight is 391 g/mol. The summed E-state index contributed by atoms with van der Waals surface area (Å²) in [6.07, 6.45) is 0.192. The first-order chi connectivity index (χ1) is 13.0. The summed E-state index contributed by atoms with van der Waals surface area (Å²) >= 11 is 0. The predicted octanol–water partition coefficient (Wildman–Crippen LogP) is 4.47. The number of ether oxygens (including phenoxy) is 1. The summed E-state index contributed by atoms with van der Waals surface area (Å²) in [5.74, 6) is -1.55. The monoisotopic (exact) mass is 391 g/mol. The van der Waals surface area contributed by atoms with Gasteiger partial charge >= 0.3 is 0 Å². The van der Waals surface area contributed by atoms with Gasteiger partial charge in [-0.3, -0.25) is 4.79 Å². The first-order valence-corrected chi connectivity index (χ1v) is 9.16. The molecule has 0 aliphatic heterocycles. The van der Waals surface area contributed by atoms with E-state index in [1.165, 1.54) is 23.1 Å². The number of carbonyl (C=O) groups excluding carboxylic acids is 1. The summed E-state index contributed by atoms with van der Waals surface area (Å²) in [4.78, 5) is 13.0. The molecule has 0 aromatic heterocycles. The van der Waals surface area contributed by atoms with Crippen molar-refractivity contribution < 1.29 is 23.4 Å². The van der Waals surface area contributed by atoms with Gasteiger partial charge in [0.05, 0.1) is 0 Å². The first-order valence-electron chi connectivity index (χ1n) is 9.16. The zero-order valence-corrected chi connectivity index (χ0v) is 17.2. The minimum Gasteiger partial charge on any atom is -0.508 e. The molecule has 2 aromatic carbocycles. The van der Waals surface area contributed by atoms with Crippen molar-refractivity contribution in [2.45, 2.75) is 40.0 Å². The van der Waals surface area contributed by atoms with Gasteiger partial charge in [0.25, 0.3) is 5.91 Å². The molecule has 0 saturated carbocycles. The van der Waals surface area contributed by atoms with Crippen LogP contribution >= 0.6 is 0 Å². The van der Waals surface area contributed by atoms with Crippen LogP contribution in [0.4, 0.5) is 8.78 Å². The van der Waals surface area contributed by atoms with Gasteiger partial charge in [-0.2, -0.15) is 0 Å². The number of aryl methyl sites for hydroxylation is 1. The van der Waals surface area contributed by atoms with Crippen LogP contribution in [0.3, 0.4) is 0 Å². The molecule has 0 bridgehead atoms. The maximum atomic E-state index is 14.9. The number of amides is 1. The molecule has 0 fully saturated rings. The Morgan fingerprint density at radius 1 is 1.18 bits per heavy atom. The number of nitrogens with zero attached hydrogens (tertiary/aromatic N) is 1. The van der Waals surface area contributed by atoms with Gasteiger partial charge in [-0.15, -0.1) is 0 Å². The van der Waals surface area contributed by atoms with E-state index in [4.69, 9.17) is 4.74 Å². The van der Waals surface area contributed by atoms with E-state index in [0.29, 0.717) is 16.7 Å². The summed E-state index contributed by atoms with van der Waals surface area (Å²) in [5.41, 5.74) is 2.40. The largest absolute Gasteiger partial charge is 0.508 e. The van der Waals surface area contributed by atoms with Gasteiger partial charge in [0.1, 0.15) is 11.6 Å². The maximum absolute atomic E-state index is 14.9. The fourth-order valence-corrected chi connectivity index (χ4v) is 3.11. The first kappa shape index (κ1) is 21.7. The number of aromatic hydroxyl groups is 1. The molecule has 0 heterocycles. The highest BCUT2D eigenvalue weighted by atomic mass is 19.1. The van der Waals surface area contributed by atoms with E-state index in [1.54, 1.807) is 41.8 Å². The summed E-state index contributed by atoms with van der Waals surface area (Å²) in [7, 11) is 3.19. The number of likely N-dealkylation sites (N-methyl/N-ethyl adjacent to an activating group) is 1. The van der Waals surface area contributed by atoms with E-state index in [9.17, 15) is 18.7 Å². The highest BCUT2D eigenvalue weighted by molar-refractivity contribution is 5.77. The van der Waals surface area contributed by atoms with E-state index in [1.807, 2.05) is 0 Å². The van der Waals surface area contributed by atoms with Crippen molar-refractivity contribution >= 4 is 5.91 Å². The summed E-state index contributed by atoms with van der Waals surface area (Å²) in [6, 6.07) is 4.52. The molecular weight excluding hydrogens is 364 g/mol. The van der Waals surface area contributed by atoms with E-state index >= 15 is 0 Å². The third-order valence-electron chi connectivity index (χ3n) is 4.85. The number of phenolic OH excluding ortho intramolecular Hbond substituents is 1. The Labute approximate surface area is 164 Å². The smallest absolute Gasteiger partial charge is 0.259 e. The molecule has 0 unspecified atom stereocenters. The van der Waals surface area contributed by atoms with Crippen LogP contribution in [0.1, 0.15) is 47.6 Å². The van der Waals surface area contributed by atoms with Crippen LogP contribution in [-0.2, 0) is 11.2 Å². The predicted molar refractivity (Wildman–Crippen MR) is 105 cm³/mol. The number of benzene rings is 2. The van der Waals surface area contributed by atoms with Crippen LogP contribution in [0, 0.1) is 25.5 Å². The van der Waals surface area contributed by atoms with Crippen LogP contribution in [0.25, 0.3) is 0 Å². The van der Waals surface area contributed by atoms with Crippen molar-refractivity contribution in [2.75, 3.05) is 20.7 Å². The van der Waals surface area contributed by atoms with Crippen LogP contribution in [-0.4, -0.2) is 36.6 Å². The van der Waals surface area contributed by atoms with Gasteiger partial charge in [-0.25, -0.2) is 8.78 Å². The number of phenols is 1. The summed E-state index contributed by atoms with van der Waals surface area (Å²) < 4.78 is 35.0. The highest BCUT2D eigenvalue weighted by Crippen LogP contribution is 2.33. The van der Waals surface area contributed by atoms with Crippen molar-refractivity contribution in [3.63, 3.8) is 0 Å². The molecule has 28 heavy (non-hydrogen) atoms. The lowest BCUT2D eigenvalue weighted by Gasteiger charge is -2.18. The second kappa shape index (κ2) is 8.59. The molecular formula is C22H27F2NO3. The standard InChI is InChI=1S/C22H27F2NO3/c1-12(2)20-17(26)8-7-15(22(20)24)10-16-13(3)9-18(21(23)14(16)4)28-11-19(27)25(5)6/h7-9,12,26H,10-11H2,1-6H3. The van der Waals surface area contributed by atoms with Crippen molar-refractivity contribution in [1.29, 1.82) is 0 Å². The van der Waals surface area contributed by atoms with Crippen LogP contribution < -0.4 is 4.74 Å². The average Bonchev–Trinajstić information content (AvgIpc) is 2.61. The minimum absolute atomic E-state index is 0.00278. The van der Waals surface area contributed by atoms with E-state index in [2.05, 4.69) is 0 Å². The van der Waals surface area contributed by atoms with Crippen molar-refractivity contribution in [2.24, 2.45) is 0 Å². The SMILES string of the molecule is Cc1cc(OCC(=O)N(C)C)c(F)c(C)c1Cc1ccc(O)c(C(C)C)c1F. The Bertz CT molecular complexity index is 892. The lowest BCUT2D eigenvalue weighted by atomic mass is 9.92. The molecule has 1 N–H and O–H groups in total. The van der Waals surface area contributed by atoms with Crippen LogP contribution in [0.15, 0.2) is 18.2 Å². The zero-order chi connectivity index (χ0) is 21.2.